The van der Waals surface area contributed by atoms with Crippen LogP contribution in [0.2, 0.25) is 0 Å². The SMILES string of the molecule is CN(C(=O)CCC1C(=O)NNC1=O)C1CCS(=O)(=O)C1. The molecule has 2 aliphatic rings. The van der Waals surface area contributed by atoms with Crippen molar-refractivity contribution in [3.05, 3.63) is 0 Å². The van der Waals surface area contributed by atoms with Crippen LogP contribution in [0.1, 0.15) is 19.3 Å². The Kier molecular flexibility index (Phi) is 3.98. The van der Waals surface area contributed by atoms with Gasteiger partial charge in [-0.05, 0) is 12.8 Å². The Hall–Kier alpha value is -1.64. The topological polar surface area (TPSA) is 113 Å². The van der Waals surface area contributed by atoms with Crippen LogP contribution in [-0.4, -0.2) is 55.6 Å². The van der Waals surface area contributed by atoms with Gasteiger partial charge in [-0.25, -0.2) is 8.42 Å². The summed E-state index contributed by atoms with van der Waals surface area (Å²) in [6, 6.07) is -0.307. The number of sulfone groups is 1. The number of amides is 3. The molecule has 2 aliphatic heterocycles. The molecule has 9 heteroatoms. The highest BCUT2D eigenvalue weighted by Crippen LogP contribution is 2.18. The van der Waals surface area contributed by atoms with Crippen LogP contribution in [0, 0.1) is 5.92 Å². The summed E-state index contributed by atoms with van der Waals surface area (Å²) in [5.41, 5.74) is 4.39. The molecule has 2 N–H and O–H groups in total. The van der Waals surface area contributed by atoms with Gasteiger partial charge in [0, 0.05) is 19.5 Å². The Morgan fingerprint density at radius 2 is 1.90 bits per heavy atom. The van der Waals surface area contributed by atoms with Crippen LogP contribution in [0.4, 0.5) is 0 Å². The lowest BCUT2D eigenvalue weighted by Gasteiger charge is -2.23. The number of hydrogen-bond donors (Lipinski definition) is 2. The second kappa shape index (κ2) is 5.39. The van der Waals surface area contributed by atoms with Crippen LogP contribution in [0.3, 0.4) is 0 Å². The predicted molar refractivity (Wildman–Crippen MR) is 68.8 cm³/mol. The number of carbonyl (C=O) groups excluding carboxylic acids is 3. The second-order valence-electron chi connectivity index (χ2n) is 5.13. The molecule has 2 saturated heterocycles. The molecule has 0 aromatic heterocycles. The molecular weight excluding hydrogens is 286 g/mol. The Bertz CT molecular complexity index is 528. The first-order valence-corrected chi connectivity index (χ1v) is 8.18. The Morgan fingerprint density at radius 3 is 2.40 bits per heavy atom. The highest BCUT2D eigenvalue weighted by atomic mass is 32.2. The molecule has 112 valence electrons. The zero-order valence-corrected chi connectivity index (χ0v) is 11.9. The van der Waals surface area contributed by atoms with Gasteiger partial charge in [-0.15, -0.1) is 0 Å². The zero-order valence-electron chi connectivity index (χ0n) is 11.1. The minimum Gasteiger partial charge on any atom is -0.342 e. The van der Waals surface area contributed by atoms with Crippen molar-refractivity contribution in [1.82, 2.24) is 15.8 Å². The lowest BCUT2D eigenvalue weighted by atomic mass is 10.0. The summed E-state index contributed by atoms with van der Waals surface area (Å²) >= 11 is 0. The lowest BCUT2D eigenvalue weighted by Crippen LogP contribution is -2.38. The quantitative estimate of drug-likeness (QED) is 0.594. The van der Waals surface area contributed by atoms with Crippen molar-refractivity contribution in [2.45, 2.75) is 25.3 Å². The molecule has 2 heterocycles. The fourth-order valence-corrected chi connectivity index (χ4v) is 4.18. The van der Waals surface area contributed by atoms with Gasteiger partial charge in [0.15, 0.2) is 9.84 Å². The maximum atomic E-state index is 12.0. The van der Waals surface area contributed by atoms with E-state index in [1.807, 2.05) is 0 Å². The summed E-state index contributed by atoms with van der Waals surface area (Å²) < 4.78 is 22.8. The molecule has 0 radical (unpaired) electrons. The molecule has 0 saturated carbocycles. The van der Waals surface area contributed by atoms with Crippen molar-refractivity contribution >= 4 is 27.6 Å². The molecule has 1 atom stereocenters. The van der Waals surface area contributed by atoms with Crippen LogP contribution in [0.15, 0.2) is 0 Å². The first-order chi connectivity index (χ1) is 9.30. The van der Waals surface area contributed by atoms with Gasteiger partial charge in [0.2, 0.25) is 5.91 Å². The van der Waals surface area contributed by atoms with Crippen LogP contribution >= 0.6 is 0 Å². The van der Waals surface area contributed by atoms with E-state index < -0.39 is 27.6 Å². The maximum Gasteiger partial charge on any atom is 0.251 e. The smallest absolute Gasteiger partial charge is 0.251 e. The van der Waals surface area contributed by atoms with Crippen LogP contribution < -0.4 is 10.9 Å². The van der Waals surface area contributed by atoms with Gasteiger partial charge in [-0.1, -0.05) is 0 Å². The highest BCUT2D eigenvalue weighted by molar-refractivity contribution is 7.91. The average Bonchev–Trinajstić information content (AvgIpc) is 2.89. The van der Waals surface area contributed by atoms with E-state index >= 15 is 0 Å². The van der Waals surface area contributed by atoms with E-state index in [1.54, 1.807) is 7.05 Å². The van der Waals surface area contributed by atoms with Gasteiger partial charge in [0.1, 0.15) is 5.92 Å². The van der Waals surface area contributed by atoms with Crippen LogP contribution in [0.5, 0.6) is 0 Å². The minimum atomic E-state index is -3.04. The first kappa shape index (κ1) is 14.8. The van der Waals surface area contributed by atoms with E-state index in [9.17, 15) is 22.8 Å². The summed E-state index contributed by atoms with van der Waals surface area (Å²) in [7, 11) is -1.49. The van der Waals surface area contributed by atoms with Gasteiger partial charge in [-0.3, -0.25) is 25.2 Å². The number of nitrogens with zero attached hydrogens (tertiary/aromatic N) is 1. The largest absolute Gasteiger partial charge is 0.342 e. The molecule has 2 fully saturated rings. The molecule has 20 heavy (non-hydrogen) atoms. The van der Waals surface area contributed by atoms with Gasteiger partial charge < -0.3 is 4.90 Å². The minimum absolute atomic E-state index is 0.0142. The first-order valence-electron chi connectivity index (χ1n) is 6.36. The Labute approximate surface area is 116 Å². The average molecular weight is 303 g/mol. The van der Waals surface area contributed by atoms with Crippen molar-refractivity contribution in [3.63, 3.8) is 0 Å². The van der Waals surface area contributed by atoms with E-state index in [2.05, 4.69) is 10.9 Å². The number of hydrazine groups is 1. The lowest BCUT2D eigenvalue weighted by molar-refractivity contribution is -0.132. The second-order valence-corrected chi connectivity index (χ2v) is 7.36. The molecule has 0 spiro atoms. The molecule has 3 amide bonds. The molecule has 0 aliphatic carbocycles. The third-order valence-corrected chi connectivity index (χ3v) is 5.49. The summed E-state index contributed by atoms with van der Waals surface area (Å²) in [6.07, 6.45) is 0.605. The summed E-state index contributed by atoms with van der Waals surface area (Å²) in [5.74, 6) is -1.88. The fourth-order valence-electron chi connectivity index (χ4n) is 2.41. The van der Waals surface area contributed by atoms with Crippen molar-refractivity contribution in [2.24, 2.45) is 5.92 Å². The van der Waals surface area contributed by atoms with Crippen molar-refractivity contribution < 1.29 is 22.8 Å². The molecule has 0 bridgehead atoms. The normalized spacial score (nSPS) is 25.4. The fraction of sp³-hybridized carbons (Fsp3) is 0.727. The van der Waals surface area contributed by atoms with Crippen molar-refractivity contribution in [1.29, 1.82) is 0 Å². The van der Waals surface area contributed by atoms with Crippen LogP contribution in [0.25, 0.3) is 0 Å². The number of carbonyl (C=O) groups is 3. The van der Waals surface area contributed by atoms with E-state index in [0.717, 1.165) is 0 Å². The highest BCUT2D eigenvalue weighted by Gasteiger charge is 2.35. The number of hydrogen-bond acceptors (Lipinski definition) is 5. The third kappa shape index (κ3) is 3.09. The Morgan fingerprint density at radius 1 is 1.30 bits per heavy atom. The third-order valence-electron chi connectivity index (χ3n) is 3.74. The molecule has 0 aromatic rings. The molecule has 2 rings (SSSR count). The molecule has 8 nitrogen and oxygen atoms in total. The van der Waals surface area contributed by atoms with Crippen LogP contribution in [-0.2, 0) is 24.2 Å². The Balaban J connectivity index is 1.86. The van der Waals surface area contributed by atoms with E-state index in [1.165, 1.54) is 4.90 Å². The maximum absolute atomic E-state index is 12.0. The summed E-state index contributed by atoms with van der Waals surface area (Å²) in [4.78, 5) is 36.0. The van der Waals surface area contributed by atoms with Gasteiger partial charge in [0.05, 0.1) is 11.5 Å². The van der Waals surface area contributed by atoms with Crippen molar-refractivity contribution in [2.75, 3.05) is 18.6 Å². The van der Waals surface area contributed by atoms with Gasteiger partial charge >= 0.3 is 0 Å². The van der Waals surface area contributed by atoms with Gasteiger partial charge in [0.25, 0.3) is 11.8 Å². The zero-order chi connectivity index (χ0) is 14.9. The number of nitrogens with one attached hydrogen (secondary N) is 2. The van der Waals surface area contributed by atoms with E-state index in [0.29, 0.717) is 6.42 Å². The standard InChI is InChI=1S/C11H17N3O5S/c1-14(7-4-5-20(18,19)6-7)9(15)3-2-8-10(16)12-13-11(8)17/h7-8H,2-6H2,1H3,(H,12,16)(H,13,17). The van der Waals surface area contributed by atoms with E-state index in [4.69, 9.17) is 0 Å². The van der Waals surface area contributed by atoms with Gasteiger partial charge in [-0.2, -0.15) is 0 Å². The van der Waals surface area contributed by atoms with Crippen molar-refractivity contribution in [3.8, 4) is 0 Å². The summed E-state index contributed by atoms with van der Waals surface area (Å²) in [5, 5.41) is 0. The molecular formula is C11H17N3O5S. The molecule has 1 unspecified atom stereocenters. The predicted octanol–water partition coefficient (Wildman–Crippen LogP) is -1.81. The summed E-state index contributed by atoms with van der Waals surface area (Å²) in [6.45, 7) is 0. The number of rotatable bonds is 4. The van der Waals surface area contributed by atoms with E-state index in [-0.39, 0.29) is 36.3 Å². The molecule has 0 aromatic carbocycles. The monoisotopic (exact) mass is 303 g/mol.